The summed E-state index contributed by atoms with van der Waals surface area (Å²) in [5, 5.41) is 13.1. The first-order chi connectivity index (χ1) is 12.1. The zero-order valence-electron chi connectivity index (χ0n) is 14.4. The molecule has 1 aromatic carbocycles. The van der Waals surface area contributed by atoms with Crippen molar-refractivity contribution in [3.63, 3.8) is 0 Å². The fourth-order valence-corrected chi connectivity index (χ4v) is 3.46. The Kier molecular flexibility index (Phi) is 5.25. The van der Waals surface area contributed by atoms with Gasteiger partial charge in [0.2, 0.25) is 5.91 Å². The van der Waals surface area contributed by atoms with Crippen molar-refractivity contribution in [1.29, 1.82) is 0 Å². The van der Waals surface area contributed by atoms with E-state index in [1.54, 1.807) is 29.3 Å². The Morgan fingerprint density at radius 1 is 1.28 bits per heavy atom. The molecule has 2 aromatic heterocycles. The smallest absolute Gasteiger partial charge is 0.242 e. The second-order valence-electron chi connectivity index (χ2n) is 5.84. The minimum absolute atomic E-state index is 0.0977. The monoisotopic (exact) mass is 355 g/mol. The predicted molar refractivity (Wildman–Crippen MR) is 99.1 cm³/mol. The van der Waals surface area contributed by atoms with E-state index in [1.807, 2.05) is 55.9 Å². The topological polar surface area (TPSA) is 71.8 Å². The molecule has 3 aromatic rings. The van der Waals surface area contributed by atoms with Gasteiger partial charge in [0, 0.05) is 29.8 Å². The average Bonchev–Trinajstić information content (AvgIpc) is 3.26. The highest BCUT2D eigenvalue weighted by Crippen LogP contribution is 2.25. The number of amides is 1. The van der Waals surface area contributed by atoms with Crippen LogP contribution in [-0.2, 0) is 11.8 Å². The summed E-state index contributed by atoms with van der Waals surface area (Å²) >= 11 is 1.55. The molecule has 0 radical (unpaired) electrons. The standard InChI is InChI=1S/C18H21N5OS/c1-12(18-22-15(11-25-18)13-7-5-4-6-8-13)21-17(24)16(19-2)14-9-20-23(3)10-14/h4-12,16,19H,1-3H3,(H,21,24). The van der Waals surface area contributed by atoms with E-state index >= 15 is 0 Å². The second-order valence-corrected chi connectivity index (χ2v) is 6.73. The lowest BCUT2D eigenvalue weighted by atomic mass is 10.1. The van der Waals surface area contributed by atoms with Gasteiger partial charge in [0.05, 0.1) is 17.9 Å². The SMILES string of the molecule is CNC(C(=O)NC(C)c1nc(-c2ccccc2)cs1)c1cnn(C)c1. The number of nitrogens with zero attached hydrogens (tertiary/aromatic N) is 3. The maximum absolute atomic E-state index is 12.6. The van der Waals surface area contributed by atoms with E-state index in [4.69, 9.17) is 0 Å². The van der Waals surface area contributed by atoms with Crippen LogP contribution in [0.4, 0.5) is 0 Å². The summed E-state index contributed by atoms with van der Waals surface area (Å²) < 4.78 is 1.68. The maximum Gasteiger partial charge on any atom is 0.242 e. The van der Waals surface area contributed by atoms with Crippen LogP contribution in [0.3, 0.4) is 0 Å². The van der Waals surface area contributed by atoms with Gasteiger partial charge in [-0.25, -0.2) is 4.98 Å². The third-order valence-electron chi connectivity index (χ3n) is 3.93. The number of carbonyl (C=O) groups excluding carboxylic acids is 1. The predicted octanol–water partition coefficient (Wildman–Crippen LogP) is 2.68. The molecule has 0 saturated carbocycles. The van der Waals surface area contributed by atoms with Gasteiger partial charge in [-0.15, -0.1) is 11.3 Å². The first kappa shape index (κ1) is 17.3. The summed E-state index contributed by atoms with van der Waals surface area (Å²) in [5.74, 6) is -0.0977. The van der Waals surface area contributed by atoms with Crippen LogP contribution in [-0.4, -0.2) is 27.7 Å². The molecule has 0 saturated heterocycles. The Balaban J connectivity index is 1.70. The normalized spacial score (nSPS) is 13.4. The number of nitrogens with one attached hydrogen (secondary N) is 2. The third kappa shape index (κ3) is 3.94. The minimum Gasteiger partial charge on any atom is -0.345 e. The largest absolute Gasteiger partial charge is 0.345 e. The molecule has 0 spiro atoms. The zero-order valence-corrected chi connectivity index (χ0v) is 15.2. The fraction of sp³-hybridized carbons (Fsp3) is 0.278. The first-order valence-electron chi connectivity index (χ1n) is 8.05. The summed E-state index contributed by atoms with van der Waals surface area (Å²) in [6.45, 7) is 1.95. The molecule has 0 fully saturated rings. The Morgan fingerprint density at radius 2 is 2.04 bits per heavy atom. The van der Waals surface area contributed by atoms with Crippen molar-refractivity contribution in [1.82, 2.24) is 25.4 Å². The van der Waals surface area contributed by atoms with E-state index in [0.29, 0.717) is 0 Å². The van der Waals surface area contributed by atoms with Crippen LogP contribution in [0.25, 0.3) is 11.3 Å². The number of rotatable bonds is 6. The summed E-state index contributed by atoms with van der Waals surface area (Å²) in [6.07, 6.45) is 3.53. The molecular formula is C18H21N5OS. The highest BCUT2D eigenvalue weighted by molar-refractivity contribution is 7.10. The molecule has 130 valence electrons. The first-order valence-corrected chi connectivity index (χ1v) is 8.93. The number of carbonyl (C=O) groups is 1. The fourth-order valence-electron chi connectivity index (χ4n) is 2.62. The van der Waals surface area contributed by atoms with E-state index in [9.17, 15) is 4.79 Å². The van der Waals surface area contributed by atoms with Crippen molar-refractivity contribution < 1.29 is 4.79 Å². The van der Waals surface area contributed by atoms with Gasteiger partial charge in [-0.1, -0.05) is 30.3 Å². The van der Waals surface area contributed by atoms with Gasteiger partial charge in [0.15, 0.2) is 0 Å². The van der Waals surface area contributed by atoms with Gasteiger partial charge in [0.1, 0.15) is 11.0 Å². The molecule has 1 amide bonds. The Bertz CT molecular complexity index is 842. The minimum atomic E-state index is -0.440. The number of benzene rings is 1. The second kappa shape index (κ2) is 7.58. The van der Waals surface area contributed by atoms with Crippen LogP contribution in [0.1, 0.15) is 29.6 Å². The van der Waals surface area contributed by atoms with Gasteiger partial charge >= 0.3 is 0 Å². The molecule has 0 bridgehead atoms. The van der Waals surface area contributed by atoms with Crippen LogP contribution in [0.2, 0.25) is 0 Å². The van der Waals surface area contributed by atoms with Gasteiger partial charge in [-0.05, 0) is 14.0 Å². The van der Waals surface area contributed by atoms with Crippen molar-refractivity contribution in [3.8, 4) is 11.3 Å². The van der Waals surface area contributed by atoms with Crippen molar-refractivity contribution in [2.24, 2.45) is 7.05 Å². The van der Waals surface area contributed by atoms with Crippen molar-refractivity contribution >= 4 is 17.2 Å². The van der Waals surface area contributed by atoms with Gasteiger partial charge in [0.25, 0.3) is 0 Å². The highest BCUT2D eigenvalue weighted by Gasteiger charge is 2.23. The molecule has 0 aliphatic heterocycles. The molecule has 25 heavy (non-hydrogen) atoms. The van der Waals surface area contributed by atoms with Gasteiger partial charge < -0.3 is 10.6 Å². The van der Waals surface area contributed by atoms with E-state index in [-0.39, 0.29) is 11.9 Å². The summed E-state index contributed by atoms with van der Waals surface area (Å²) in [6, 6.07) is 9.42. The third-order valence-corrected chi connectivity index (χ3v) is 4.96. The lowest BCUT2D eigenvalue weighted by Gasteiger charge is -2.17. The van der Waals surface area contributed by atoms with E-state index in [1.165, 1.54) is 0 Å². The molecule has 0 aliphatic rings. The number of hydrogen-bond acceptors (Lipinski definition) is 5. The van der Waals surface area contributed by atoms with Crippen molar-refractivity contribution in [2.45, 2.75) is 19.0 Å². The molecule has 7 heteroatoms. The molecule has 2 N–H and O–H groups in total. The highest BCUT2D eigenvalue weighted by atomic mass is 32.1. The molecule has 3 rings (SSSR count). The van der Waals surface area contributed by atoms with Crippen LogP contribution in [0.5, 0.6) is 0 Å². The Morgan fingerprint density at radius 3 is 2.68 bits per heavy atom. The van der Waals surface area contributed by atoms with Crippen LogP contribution in [0.15, 0.2) is 48.1 Å². The summed E-state index contributed by atoms with van der Waals surface area (Å²) in [5.41, 5.74) is 2.84. The number of aryl methyl sites for hydroxylation is 1. The Hall–Kier alpha value is -2.51. The van der Waals surface area contributed by atoms with Crippen LogP contribution < -0.4 is 10.6 Å². The maximum atomic E-state index is 12.6. The van der Waals surface area contributed by atoms with E-state index in [0.717, 1.165) is 21.8 Å². The zero-order chi connectivity index (χ0) is 17.8. The van der Waals surface area contributed by atoms with E-state index < -0.39 is 6.04 Å². The van der Waals surface area contributed by atoms with Crippen LogP contribution in [0, 0.1) is 0 Å². The quantitative estimate of drug-likeness (QED) is 0.713. The summed E-state index contributed by atoms with van der Waals surface area (Å²) in [4.78, 5) is 17.3. The molecule has 0 aliphatic carbocycles. The molecular weight excluding hydrogens is 334 g/mol. The number of aromatic nitrogens is 3. The van der Waals surface area contributed by atoms with Gasteiger partial charge in [-0.3, -0.25) is 9.48 Å². The lowest BCUT2D eigenvalue weighted by Crippen LogP contribution is -2.37. The number of thiazole rings is 1. The summed E-state index contributed by atoms with van der Waals surface area (Å²) in [7, 11) is 3.59. The molecule has 2 atom stereocenters. The van der Waals surface area contributed by atoms with Gasteiger partial charge in [-0.2, -0.15) is 5.10 Å². The average molecular weight is 355 g/mol. The number of hydrogen-bond donors (Lipinski definition) is 2. The molecule has 2 heterocycles. The molecule has 2 unspecified atom stereocenters. The molecule has 6 nitrogen and oxygen atoms in total. The Labute approximate surface area is 150 Å². The number of likely N-dealkylation sites (N-methyl/N-ethyl adjacent to an activating group) is 1. The van der Waals surface area contributed by atoms with Crippen molar-refractivity contribution in [2.75, 3.05) is 7.05 Å². The van der Waals surface area contributed by atoms with E-state index in [2.05, 4.69) is 20.7 Å². The van der Waals surface area contributed by atoms with Crippen molar-refractivity contribution in [3.05, 3.63) is 58.7 Å². The van der Waals surface area contributed by atoms with Crippen LogP contribution >= 0.6 is 11.3 Å². The lowest BCUT2D eigenvalue weighted by molar-refractivity contribution is -0.123.